The number of likely N-dealkylation sites (tertiary alicyclic amines) is 1. The van der Waals surface area contributed by atoms with E-state index in [2.05, 4.69) is 34.0 Å². The van der Waals surface area contributed by atoms with Crippen LogP contribution in [0.4, 0.5) is 16.0 Å². The summed E-state index contributed by atoms with van der Waals surface area (Å²) >= 11 is 0. The Morgan fingerprint density at radius 2 is 1.76 bits per heavy atom. The van der Waals surface area contributed by atoms with Gasteiger partial charge in [-0.1, -0.05) is 13.8 Å². The van der Waals surface area contributed by atoms with Gasteiger partial charge in [-0.05, 0) is 48.9 Å². The fourth-order valence-corrected chi connectivity index (χ4v) is 5.03. The minimum atomic E-state index is -3.49. The lowest BCUT2D eigenvalue weighted by atomic mass is 10.0. The van der Waals surface area contributed by atoms with Gasteiger partial charge in [0.05, 0.1) is 10.6 Å². The van der Waals surface area contributed by atoms with Crippen LogP contribution in [0.1, 0.15) is 44.6 Å². The van der Waals surface area contributed by atoms with Crippen LogP contribution in [0.5, 0.6) is 0 Å². The molecule has 0 saturated carbocycles. The van der Waals surface area contributed by atoms with Gasteiger partial charge in [-0.25, -0.2) is 22.8 Å². The molecule has 2 fully saturated rings. The minimum absolute atomic E-state index is 0.0439. The number of piperidine rings is 1. The van der Waals surface area contributed by atoms with Gasteiger partial charge in [-0.2, -0.15) is 0 Å². The Kier molecular flexibility index (Phi) is 6.56. The van der Waals surface area contributed by atoms with Crippen molar-refractivity contribution in [1.29, 1.82) is 0 Å². The second kappa shape index (κ2) is 9.24. The van der Waals surface area contributed by atoms with Crippen molar-refractivity contribution in [2.45, 2.75) is 56.0 Å². The van der Waals surface area contributed by atoms with E-state index >= 15 is 0 Å². The van der Waals surface area contributed by atoms with E-state index in [1.165, 1.54) is 12.1 Å². The summed E-state index contributed by atoms with van der Waals surface area (Å²) in [6.45, 7) is 6.38. The van der Waals surface area contributed by atoms with Crippen molar-refractivity contribution < 1.29 is 17.6 Å². The summed E-state index contributed by atoms with van der Waals surface area (Å²) in [6.07, 6.45) is 7.01. The predicted octanol–water partition coefficient (Wildman–Crippen LogP) is 2.82. The zero-order chi connectivity index (χ0) is 23.8. The first-order chi connectivity index (χ1) is 15.6. The molecule has 2 aromatic rings. The van der Waals surface area contributed by atoms with Gasteiger partial charge < -0.3 is 15.1 Å². The molecule has 0 spiro atoms. The van der Waals surface area contributed by atoms with Gasteiger partial charge in [-0.3, -0.25) is 4.79 Å². The van der Waals surface area contributed by atoms with Crippen LogP contribution >= 0.6 is 0 Å². The summed E-state index contributed by atoms with van der Waals surface area (Å²) in [5.41, 5.74) is 1.25. The molecule has 2 saturated heterocycles. The third-order valence-electron chi connectivity index (χ3n) is 6.45. The largest absolute Gasteiger partial charge is 0.371 e. The molecule has 2 aliphatic rings. The van der Waals surface area contributed by atoms with Crippen molar-refractivity contribution in [2.24, 2.45) is 0 Å². The number of carbonyl (C=O) groups excluding carboxylic acids is 1. The van der Waals surface area contributed by atoms with Crippen molar-refractivity contribution >= 4 is 27.4 Å². The van der Waals surface area contributed by atoms with Gasteiger partial charge in [0.2, 0.25) is 11.9 Å². The fourth-order valence-electron chi connectivity index (χ4n) is 4.40. The summed E-state index contributed by atoms with van der Waals surface area (Å²) in [4.78, 5) is 26.0. The molecular formula is C23H30FN5O3S. The second-order valence-electron chi connectivity index (χ2n) is 9.12. The van der Waals surface area contributed by atoms with E-state index in [1.807, 2.05) is 17.3 Å². The molecule has 1 aromatic heterocycles. The molecule has 1 aromatic carbocycles. The highest BCUT2D eigenvalue weighted by molar-refractivity contribution is 7.90. The van der Waals surface area contributed by atoms with Crippen molar-refractivity contribution in [3.63, 3.8) is 0 Å². The first kappa shape index (κ1) is 23.4. The Morgan fingerprint density at radius 3 is 2.33 bits per heavy atom. The Morgan fingerprint density at radius 1 is 1.09 bits per heavy atom. The van der Waals surface area contributed by atoms with Gasteiger partial charge in [0, 0.05) is 44.3 Å². The fraction of sp³-hybridized carbons (Fsp3) is 0.522. The van der Waals surface area contributed by atoms with Crippen molar-refractivity contribution in [2.75, 3.05) is 36.1 Å². The van der Waals surface area contributed by atoms with Crippen LogP contribution < -0.4 is 10.2 Å². The van der Waals surface area contributed by atoms with Crippen LogP contribution in [0.3, 0.4) is 0 Å². The summed E-state index contributed by atoms with van der Waals surface area (Å²) in [6, 6.07) is 3.33. The Bertz CT molecular complexity index is 1120. The molecule has 1 N–H and O–H groups in total. The maximum Gasteiger partial charge on any atom is 0.245 e. The predicted molar refractivity (Wildman–Crippen MR) is 125 cm³/mol. The molecule has 0 aliphatic carbocycles. The standard InChI is InChI=1S/C23H30FN5O3S/c1-15(2)16-13-25-23(26-14-16)28-9-6-17(7-10-28)29-11-8-21(22(29)30)27-20-5-4-18(12-19(20)24)33(3,31)32/h4-5,12-15,17,21,27H,6-11H2,1-3H3/t21-/m0/s1. The maximum absolute atomic E-state index is 14.4. The highest BCUT2D eigenvalue weighted by Crippen LogP contribution is 2.27. The summed E-state index contributed by atoms with van der Waals surface area (Å²) < 4.78 is 37.6. The van der Waals surface area contributed by atoms with Crippen molar-refractivity contribution in [3.05, 3.63) is 42.0 Å². The average molecular weight is 476 g/mol. The molecule has 33 heavy (non-hydrogen) atoms. The summed E-state index contributed by atoms with van der Waals surface area (Å²) in [5.74, 6) is 0.385. The van der Waals surface area contributed by atoms with Gasteiger partial charge in [0.15, 0.2) is 9.84 Å². The zero-order valence-corrected chi connectivity index (χ0v) is 20.0. The van der Waals surface area contributed by atoms with E-state index in [0.29, 0.717) is 18.9 Å². The third-order valence-corrected chi connectivity index (χ3v) is 7.56. The lowest BCUT2D eigenvalue weighted by molar-refractivity contribution is -0.130. The first-order valence-corrected chi connectivity index (χ1v) is 13.2. The van der Waals surface area contributed by atoms with Crippen LogP contribution in [0.25, 0.3) is 0 Å². The van der Waals surface area contributed by atoms with E-state index in [-0.39, 0.29) is 22.5 Å². The van der Waals surface area contributed by atoms with E-state index in [4.69, 9.17) is 0 Å². The van der Waals surface area contributed by atoms with Gasteiger partial charge in [-0.15, -0.1) is 0 Å². The number of aromatic nitrogens is 2. The number of halogens is 1. The Labute approximate surface area is 194 Å². The van der Waals surface area contributed by atoms with E-state index in [9.17, 15) is 17.6 Å². The normalized spacial score (nSPS) is 20.0. The van der Waals surface area contributed by atoms with Crippen molar-refractivity contribution in [1.82, 2.24) is 14.9 Å². The molecule has 1 atom stereocenters. The number of rotatable bonds is 6. The molecule has 0 radical (unpaired) electrons. The number of anilines is 2. The average Bonchev–Trinajstić information content (AvgIpc) is 3.14. The maximum atomic E-state index is 14.4. The second-order valence-corrected chi connectivity index (χ2v) is 11.1. The minimum Gasteiger partial charge on any atom is -0.371 e. The molecule has 8 nitrogen and oxygen atoms in total. The monoisotopic (exact) mass is 475 g/mol. The topological polar surface area (TPSA) is 95.5 Å². The number of nitrogens with one attached hydrogen (secondary N) is 1. The van der Waals surface area contributed by atoms with Crippen LogP contribution in [-0.2, 0) is 14.6 Å². The van der Waals surface area contributed by atoms with E-state index < -0.39 is 21.7 Å². The molecule has 3 heterocycles. The lowest BCUT2D eigenvalue weighted by Gasteiger charge is -2.36. The van der Waals surface area contributed by atoms with Crippen LogP contribution in [0.15, 0.2) is 35.5 Å². The smallest absolute Gasteiger partial charge is 0.245 e. The summed E-state index contributed by atoms with van der Waals surface area (Å²) in [5, 5.41) is 2.96. The highest BCUT2D eigenvalue weighted by atomic mass is 32.2. The number of benzene rings is 1. The van der Waals surface area contributed by atoms with Gasteiger partial charge in [0.25, 0.3) is 0 Å². The molecule has 1 amide bonds. The van der Waals surface area contributed by atoms with Gasteiger partial charge in [0.1, 0.15) is 11.9 Å². The SMILES string of the molecule is CC(C)c1cnc(N2CCC(N3CC[C@H](Nc4ccc(S(C)(=O)=O)cc4F)C3=O)CC2)nc1. The van der Waals surface area contributed by atoms with Crippen molar-refractivity contribution in [3.8, 4) is 0 Å². The molecule has 4 rings (SSSR count). The third kappa shape index (κ3) is 5.10. The zero-order valence-electron chi connectivity index (χ0n) is 19.2. The highest BCUT2D eigenvalue weighted by Gasteiger charge is 2.37. The van der Waals surface area contributed by atoms with Crippen LogP contribution in [-0.4, -0.2) is 67.2 Å². The lowest BCUT2D eigenvalue weighted by Crippen LogP contribution is -2.47. The van der Waals surface area contributed by atoms with Crippen LogP contribution in [0, 0.1) is 5.82 Å². The Balaban J connectivity index is 1.34. The molecular weight excluding hydrogens is 445 g/mol. The number of sulfone groups is 1. The molecule has 2 aliphatic heterocycles. The number of nitrogens with zero attached hydrogens (tertiary/aromatic N) is 4. The molecule has 10 heteroatoms. The number of hydrogen-bond acceptors (Lipinski definition) is 7. The number of hydrogen-bond donors (Lipinski definition) is 1. The Hall–Kier alpha value is -2.75. The van der Waals surface area contributed by atoms with E-state index in [0.717, 1.165) is 49.8 Å². The quantitative estimate of drug-likeness (QED) is 0.686. The van der Waals surface area contributed by atoms with E-state index in [1.54, 1.807) is 0 Å². The molecule has 0 unspecified atom stereocenters. The molecule has 0 bridgehead atoms. The van der Waals surface area contributed by atoms with Gasteiger partial charge >= 0.3 is 0 Å². The van der Waals surface area contributed by atoms with Crippen LogP contribution in [0.2, 0.25) is 0 Å². The summed E-state index contributed by atoms with van der Waals surface area (Å²) in [7, 11) is -3.49. The molecule has 178 valence electrons. The first-order valence-electron chi connectivity index (χ1n) is 11.3. The number of carbonyl (C=O) groups is 1. The number of amides is 1.